The molecule has 0 radical (unpaired) electrons. The predicted molar refractivity (Wildman–Crippen MR) is 84.7 cm³/mol. The molecule has 1 saturated carbocycles. The normalized spacial score (nSPS) is 19.2. The molecule has 4 nitrogen and oxygen atoms in total. The summed E-state index contributed by atoms with van der Waals surface area (Å²) in [4.78, 5) is 11.1. The number of carboxylic acid groups (broad SMARTS) is 1. The van der Waals surface area contributed by atoms with Crippen molar-refractivity contribution in [2.24, 2.45) is 0 Å². The molecule has 0 spiro atoms. The lowest BCUT2D eigenvalue weighted by Crippen LogP contribution is -2.45. The molecule has 7 heteroatoms. The van der Waals surface area contributed by atoms with Crippen molar-refractivity contribution in [3.8, 4) is 0 Å². The van der Waals surface area contributed by atoms with Gasteiger partial charge in [-0.05, 0) is 51.2 Å². The second-order valence-electron chi connectivity index (χ2n) is 6.77. The fourth-order valence-electron chi connectivity index (χ4n) is 2.19. The van der Waals surface area contributed by atoms with Gasteiger partial charge in [0.1, 0.15) is 16.6 Å². The molecule has 0 bridgehead atoms. The van der Waals surface area contributed by atoms with Crippen LogP contribution in [0.15, 0.2) is 18.2 Å². The third kappa shape index (κ3) is 4.43. The van der Waals surface area contributed by atoms with Gasteiger partial charge in [0.15, 0.2) is 0 Å². The standard InChI is InChI=1S/C16H21F2NO3S/c1-16(2,3)23(22)19-14(13(18)15(20)21)11-8-10(9-4-5-9)6-7-12(11)17/h6-9,13-14,19H,4-5H2,1-3H3,(H,20,21)/t13-,14+,23-/m1/s1. The predicted octanol–water partition coefficient (Wildman–Crippen LogP) is 3.22. The Labute approximate surface area is 137 Å². The lowest BCUT2D eigenvalue weighted by atomic mass is 9.98. The van der Waals surface area contributed by atoms with Gasteiger partial charge in [0.25, 0.3) is 0 Å². The summed E-state index contributed by atoms with van der Waals surface area (Å²) in [5, 5.41) is 8.97. The summed E-state index contributed by atoms with van der Waals surface area (Å²) in [6, 6.07) is 2.82. The van der Waals surface area contributed by atoms with Crippen LogP contribution >= 0.6 is 0 Å². The van der Waals surface area contributed by atoms with Crippen molar-refractivity contribution in [1.29, 1.82) is 0 Å². The second kappa shape index (κ2) is 6.75. The van der Waals surface area contributed by atoms with Gasteiger partial charge in [-0.1, -0.05) is 12.1 Å². The van der Waals surface area contributed by atoms with Gasteiger partial charge in [0.2, 0.25) is 6.17 Å². The van der Waals surface area contributed by atoms with Crippen molar-refractivity contribution in [2.75, 3.05) is 0 Å². The number of aliphatic carboxylic acids is 1. The highest BCUT2D eigenvalue weighted by molar-refractivity contribution is 7.90. The number of carboxylic acids is 1. The van der Waals surface area contributed by atoms with Gasteiger partial charge in [-0.3, -0.25) is 0 Å². The minimum atomic E-state index is -2.40. The number of hydrogen-bond acceptors (Lipinski definition) is 3. The molecule has 1 aliphatic carbocycles. The molecule has 0 saturated heterocycles. The monoisotopic (exact) mass is 345 g/mol. The van der Waals surface area contributed by atoms with Gasteiger partial charge < -0.3 is 9.66 Å². The lowest BCUT2D eigenvalue weighted by molar-refractivity contribution is -0.143. The van der Waals surface area contributed by atoms with Crippen LogP contribution in [0.4, 0.5) is 8.78 Å². The first-order valence-electron chi connectivity index (χ1n) is 7.45. The Balaban J connectivity index is 2.36. The van der Waals surface area contributed by atoms with Crippen LogP contribution < -0.4 is 4.72 Å². The van der Waals surface area contributed by atoms with Gasteiger partial charge in [-0.2, -0.15) is 0 Å². The van der Waals surface area contributed by atoms with Crippen LogP contribution in [0.25, 0.3) is 0 Å². The average molecular weight is 345 g/mol. The molecule has 1 fully saturated rings. The van der Waals surface area contributed by atoms with Crippen LogP contribution in [0.1, 0.15) is 56.7 Å². The maximum Gasteiger partial charge on any atom is 0.340 e. The molecule has 0 aliphatic heterocycles. The van der Waals surface area contributed by atoms with E-state index in [2.05, 4.69) is 4.72 Å². The van der Waals surface area contributed by atoms with Crippen LogP contribution in [-0.4, -0.2) is 26.5 Å². The molecule has 2 N–H and O–H groups in total. The zero-order chi connectivity index (χ0) is 17.4. The number of hydrogen-bond donors (Lipinski definition) is 2. The highest BCUT2D eigenvalue weighted by Crippen LogP contribution is 2.41. The molecule has 128 valence electrons. The van der Waals surface area contributed by atoms with E-state index in [4.69, 9.17) is 5.11 Å². The topological polar surface area (TPSA) is 72.4 Å². The van der Waals surface area contributed by atoms with Crippen molar-refractivity contribution in [3.05, 3.63) is 35.1 Å². The van der Waals surface area contributed by atoms with Crippen molar-refractivity contribution >= 4 is 17.3 Å². The molecule has 0 aromatic heterocycles. The van der Waals surface area contributed by atoms with Gasteiger partial charge >= 0.3 is 5.97 Å². The van der Waals surface area contributed by atoms with Crippen molar-refractivity contribution in [3.63, 3.8) is 0 Å². The highest BCUT2D eigenvalue weighted by Gasteiger charge is 2.39. The quantitative estimate of drug-likeness (QED) is 0.777. The molecule has 1 aromatic rings. The first-order valence-corrected chi connectivity index (χ1v) is 8.60. The minimum absolute atomic E-state index is 0.0955. The van der Waals surface area contributed by atoms with E-state index in [1.54, 1.807) is 26.8 Å². The van der Waals surface area contributed by atoms with Crippen molar-refractivity contribution < 1.29 is 23.2 Å². The molecule has 0 heterocycles. The van der Waals surface area contributed by atoms with Crippen LogP contribution in [0.3, 0.4) is 0 Å². The Morgan fingerprint density at radius 2 is 2.04 bits per heavy atom. The number of halogens is 2. The van der Waals surface area contributed by atoms with Gasteiger partial charge in [0, 0.05) is 16.9 Å². The summed E-state index contributed by atoms with van der Waals surface area (Å²) in [5.74, 6) is -2.11. The molecular formula is C16H21F2NO3S. The number of rotatable bonds is 6. The van der Waals surface area contributed by atoms with E-state index < -0.39 is 40.1 Å². The Morgan fingerprint density at radius 3 is 2.52 bits per heavy atom. The summed E-state index contributed by atoms with van der Waals surface area (Å²) in [7, 11) is 0. The summed E-state index contributed by atoms with van der Waals surface area (Å²) >= 11 is -1.73. The van der Waals surface area contributed by atoms with Crippen molar-refractivity contribution in [1.82, 2.24) is 4.72 Å². The summed E-state index contributed by atoms with van der Waals surface area (Å²) in [5.41, 5.74) is 0.759. The largest absolute Gasteiger partial charge is 0.598 e. The Morgan fingerprint density at radius 1 is 1.43 bits per heavy atom. The molecule has 1 aliphatic rings. The third-order valence-corrected chi connectivity index (χ3v) is 5.30. The first-order chi connectivity index (χ1) is 10.6. The van der Waals surface area contributed by atoms with Crippen LogP contribution in [0, 0.1) is 5.82 Å². The Kier molecular flexibility index (Phi) is 5.33. The number of nitrogens with one attached hydrogen (secondary N) is 1. The molecule has 1 aromatic carbocycles. The van der Waals surface area contributed by atoms with E-state index >= 15 is 0 Å². The summed E-state index contributed by atoms with van der Waals surface area (Å²) in [6.07, 6.45) is -0.435. The van der Waals surface area contributed by atoms with Gasteiger partial charge in [-0.15, -0.1) is 4.72 Å². The van der Waals surface area contributed by atoms with Crippen LogP contribution in [-0.2, 0) is 16.2 Å². The van der Waals surface area contributed by atoms with E-state index in [0.29, 0.717) is 5.92 Å². The fraction of sp³-hybridized carbons (Fsp3) is 0.562. The molecule has 0 amide bonds. The fourth-order valence-corrected chi connectivity index (χ4v) is 3.02. The Hall–Kier alpha value is -1.18. The summed E-state index contributed by atoms with van der Waals surface area (Å²) < 4.78 is 42.3. The molecule has 3 atom stereocenters. The van der Waals surface area contributed by atoms with Gasteiger partial charge in [0.05, 0.1) is 0 Å². The van der Waals surface area contributed by atoms with E-state index in [-0.39, 0.29) is 5.56 Å². The van der Waals surface area contributed by atoms with E-state index in [1.165, 1.54) is 12.1 Å². The van der Waals surface area contributed by atoms with Crippen LogP contribution in [0.2, 0.25) is 0 Å². The number of carbonyl (C=O) groups is 1. The molecule has 23 heavy (non-hydrogen) atoms. The van der Waals surface area contributed by atoms with Crippen LogP contribution in [0.5, 0.6) is 0 Å². The molecular weight excluding hydrogens is 324 g/mol. The zero-order valence-corrected chi connectivity index (χ0v) is 14.1. The van der Waals surface area contributed by atoms with Gasteiger partial charge in [-0.25, -0.2) is 13.6 Å². The smallest absolute Gasteiger partial charge is 0.340 e. The second-order valence-corrected chi connectivity index (χ2v) is 8.77. The van der Waals surface area contributed by atoms with Crippen molar-refractivity contribution in [2.45, 2.75) is 56.5 Å². The minimum Gasteiger partial charge on any atom is -0.598 e. The maximum atomic E-state index is 14.2. The summed E-state index contributed by atoms with van der Waals surface area (Å²) in [6.45, 7) is 4.99. The number of benzene rings is 1. The van der Waals surface area contributed by atoms with E-state index in [9.17, 15) is 18.1 Å². The number of alkyl halides is 1. The Bertz CT molecular complexity index is 587. The molecule has 0 unspecified atom stereocenters. The maximum absolute atomic E-state index is 14.2. The zero-order valence-electron chi connectivity index (χ0n) is 13.3. The van der Waals surface area contributed by atoms with E-state index in [0.717, 1.165) is 18.4 Å². The third-order valence-electron chi connectivity index (χ3n) is 3.72. The molecule has 2 rings (SSSR count). The highest BCUT2D eigenvalue weighted by atomic mass is 32.2. The average Bonchev–Trinajstić information content (AvgIpc) is 3.28. The first kappa shape index (κ1) is 18.2. The van der Waals surface area contributed by atoms with E-state index in [1.807, 2.05) is 0 Å². The SMILES string of the molecule is CC(C)(C)[S@@+]([O-])N[C@@H](c1cc(C2CC2)ccc1F)[C@@H](F)C(=O)O. The lowest BCUT2D eigenvalue weighted by Gasteiger charge is -2.29.